The Morgan fingerprint density at radius 1 is 1.39 bits per heavy atom. The molecule has 1 aromatic carbocycles. The standard InChI is InChI=1S/C11H8N2O5/c14-7-3-4-8(9(6-7)13(16)17)12-11(15)10-2-1-5-18-10/h1-6,14H,(H,12,15). The van der Waals surface area contributed by atoms with Crippen LogP contribution >= 0.6 is 0 Å². The van der Waals surface area contributed by atoms with Crippen molar-refractivity contribution >= 4 is 17.3 Å². The minimum Gasteiger partial charge on any atom is -0.508 e. The molecule has 18 heavy (non-hydrogen) atoms. The van der Waals surface area contributed by atoms with Crippen LogP contribution in [0.3, 0.4) is 0 Å². The van der Waals surface area contributed by atoms with Gasteiger partial charge < -0.3 is 14.8 Å². The van der Waals surface area contributed by atoms with Crippen molar-refractivity contribution in [2.24, 2.45) is 0 Å². The fourth-order valence-corrected chi connectivity index (χ4v) is 1.37. The maximum absolute atomic E-state index is 11.6. The van der Waals surface area contributed by atoms with Gasteiger partial charge in [0.1, 0.15) is 11.4 Å². The smallest absolute Gasteiger partial charge is 0.296 e. The summed E-state index contributed by atoms with van der Waals surface area (Å²) in [5, 5.41) is 22.3. The van der Waals surface area contributed by atoms with Crippen LogP contribution in [0.2, 0.25) is 0 Å². The number of phenols is 1. The van der Waals surface area contributed by atoms with Gasteiger partial charge in [0.2, 0.25) is 0 Å². The number of carbonyl (C=O) groups excluding carboxylic acids is 1. The maximum Gasteiger partial charge on any atom is 0.296 e. The van der Waals surface area contributed by atoms with E-state index in [1.165, 1.54) is 30.5 Å². The molecule has 0 bridgehead atoms. The third-order valence-electron chi connectivity index (χ3n) is 2.17. The molecule has 0 fully saturated rings. The summed E-state index contributed by atoms with van der Waals surface area (Å²) in [6.45, 7) is 0. The second kappa shape index (κ2) is 4.58. The lowest BCUT2D eigenvalue weighted by Gasteiger charge is -2.04. The molecule has 2 rings (SSSR count). The first kappa shape index (κ1) is 11.6. The number of phenolic OH excluding ortho intramolecular Hbond substituents is 1. The lowest BCUT2D eigenvalue weighted by Crippen LogP contribution is -2.12. The molecule has 2 aromatic rings. The predicted molar refractivity (Wildman–Crippen MR) is 61.4 cm³/mol. The molecular weight excluding hydrogens is 240 g/mol. The normalized spacial score (nSPS) is 10.0. The minimum absolute atomic E-state index is 0.0146. The molecule has 0 atom stereocenters. The van der Waals surface area contributed by atoms with Crippen LogP contribution in [0.5, 0.6) is 5.75 Å². The van der Waals surface area contributed by atoms with Crippen LogP contribution in [-0.2, 0) is 0 Å². The van der Waals surface area contributed by atoms with Gasteiger partial charge in [-0.05, 0) is 24.3 Å². The Morgan fingerprint density at radius 3 is 2.78 bits per heavy atom. The van der Waals surface area contributed by atoms with Gasteiger partial charge in [0.25, 0.3) is 11.6 Å². The first-order chi connectivity index (χ1) is 8.58. The first-order valence-corrected chi connectivity index (χ1v) is 4.90. The van der Waals surface area contributed by atoms with E-state index in [4.69, 9.17) is 9.52 Å². The lowest BCUT2D eigenvalue weighted by atomic mass is 10.2. The number of hydrogen-bond acceptors (Lipinski definition) is 5. The Morgan fingerprint density at radius 2 is 2.17 bits per heavy atom. The van der Waals surface area contributed by atoms with Crippen molar-refractivity contribution in [3.05, 3.63) is 52.5 Å². The van der Waals surface area contributed by atoms with Crippen molar-refractivity contribution in [3.63, 3.8) is 0 Å². The van der Waals surface area contributed by atoms with E-state index >= 15 is 0 Å². The Bertz CT molecular complexity index is 591. The Kier molecular flexibility index (Phi) is 2.96. The molecule has 1 heterocycles. The topological polar surface area (TPSA) is 106 Å². The maximum atomic E-state index is 11.6. The summed E-state index contributed by atoms with van der Waals surface area (Å²) in [5.41, 5.74) is -0.408. The number of benzene rings is 1. The van der Waals surface area contributed by atoms with Gasteiger partial charge in [-0.25, -0.2) is 0 Å². The van der Waals surface area contributed by atoms with Gasteiger partial charge in [0.15, 0.2) is 5.76 Å². The van der Waals surface area contributed by atoms with Crippen molar-refractivity contribution in [2.75, 3.05) is 5.32 Å². The van der Waals surface area contributed by atoms with Crippen molar-refractivity contribution in [1.29, 1.82) is 0 Å². The van der Waals surface area contributed by atoms with Gasteiger partial charge in [-0.1, -0.05) is 0 Å². The van der Waals surface area contributed by atoms with Gasteiger partial charge in [0, 0.05) is 0 Å². The number of nitro benzene ring substituents is 1. The number of furan rings is 1. The molecular formula is C11H8N2O5. The van der Waals surface area contributed by atoms with Crippen LogP contribution < -0.4 is 5.32 Å². The molecule has 0 spiro atoms. The highest BCUT2D eigenvalue weighted by atomic mass is 16.6. The van der Waals surface area contributed by atoms with E-state index in [-0.39, 0.29) is 17.2 Å². The van der Waals surface area contributed by atoms with Crippen LogP contribution in [-0.4, -0.2) is 15.9 Å². The molecule has 0 aliphatic rings. The molecule has 0 aliphatic heterocycles. The highest BCUT2D eigenvalue weighted by Gasteiger charge is 2.18. The van der Waals surface area contributed by atoms with E-state index in [2.05, 4.69) is 5.32 Å². The Labute approximate surface area is 101 Å². The predicted octanol–water partition coefficient (Wildman–Crippen LogP) is 2.15. The van der Waals surface area contributed by atoms with E-state index in [1.807, 2.05) is 0 Å². The number of rotatable bonds is 3. The number of nitrogens with zero attached hydrogens (tertiary/aromatic N) is 1. The van der Waals surface area contributed by atoms with Crippen molar-refractivity contribution < 1.29 is 19.2 Å². The molecule has 0 saturated carbocycles. The number of hydrogen-bond donors (Lipinski definition) is 2. The second-order valence-corrected chi connectivity index (χ2v) is 3.39. The highest BCUT2D eigenvalue weighted by Crippen LogP contribution is 2.28. The SMILES string of the molecule is O=C(Nc1ccc(O)cc1[N+](=O)[O-])c1ccco1. The Balaban J connectivity index is 2.29. The molecule has 7 nitrogen and oxygen atoms in total. The number of carbonyl (C=O) groups is 1. The summed E-state index contributed by atoms with van der Waals surface area (Å²) in [4.78, 5) is 21.7. The number of nitro groups is 1. The molecule has 0 aliphatic carbocycles. The summed E-state index contributed by atoms with van der Waals surface area (Å²) in [6.07, 6.45) is 1.32. The molecule has 0 radical (unpaired) electrons. The minimum atomic E-state index is -0.697. The summed E-state index contributed by atoms with van der Waals surface area (Å²) in [5.74, 6) is -0.816. The van der Waals surface area contributed by atoms with Crippen molar-refractivity contribution in [1.82, 2.24) is 0 Å². The monoisotopic (exact) mass is 248 g/mol. The molecule has 1 aromatic heterocycles. The van der Waals surface area contributed by atoms with E-state index < -0.39 is 16.5 Å². The largest absolute Gasteiger partial charge is 0.508 e. The van der Waals surface area contributed by atoms with Gasteiger partial charge >= 0.3 is 0 Å². The van der Waals surface area contributed by atoms with E-state index in [0.717, 1.165) is 6.07 Å². The number of aromatic hydroxyl groups is 1. The summed E-state index contributed by atoms with van der Waals surface area (Å²) in [7, 11) is 0. The third kappa shape index (κ3) is 2.29. The summed E-state index contributed by atoms with van der Waals surface area (Å²) < 4.78 is 4.86. The van der Waals surface area contributed by atoms with Crippen LogP contribution in [0.25, 0.3) is 0 Å². The number of nitrogens with one attached hydrogen (secondary N) is 1. The Hall–Kier alpha value is -2.83. The summed E-state index contributed by atoms with van der Waals surface area (Å²) >= 11 is 0. The number of anilines is 1. The zero-order valence-electron chi connectivity index (χ0n) is 8.99. The average Bonchev–Trinajstić information content (AvgIpc) is 2.84. The first-order valence-electron chi connectivity index (χ1n) is 4.90. The zero-order valence-corrected chi connectivity index (χ0v) is 8.99. The van der Waals surface area contributed by atoms with Crippen LogP contribution in [0.15, 0.2) is 41.0 Å². The van der Waals surface area contributed by atoms with Crippen molar-refractivity contribution in [2.45, 2.75) is 0 Å². The van der Waals surface area contributed by atoms with Crippen LogP contribution in [0.1, 0.15) is 10.6 Å². The number of amides is 1. The van der Waals surface area contributed by atoms with Crippen LogP contribution in [0.4, 0.5) is 11.4 Å². The molecule has 1 amide bonds. The fraction of sp³-hybridized carbons (Fsp3) is 0. The van der Waals surface area contributed by atoms with Crippen LogP contribution in [0, 0.1) is 10.1 Å². The molecule has 0 saturated heterocycles. The van der Waals surface area contributed by atoms with Gasteiger partial charge in [-0.3, -0.25) is 14.9 Å². The molecule has 92 valence electrons. The average molecular weight is 248 g/mol. The third-order valence-corrected chi connectivity index (χ3v) is 2.17. The highest BCUT2D eigenvalue weighted by molar-refractivity contribution is 6.03. The van der Waals surface area contributed by atoms with Gasteiger partial charge in [0.05, 0.1) is 17.3 Å². The molecule has 0 unspecified atom stereocenters. The van der Waals surface area contributed by atoms with Gasteiger partial charge in [-0.2, -0.15) is 0 Å². The molecule has 7 heteroatoms. The second-order valence-electron chi connectivity index (χ2n) is 3.39. The lowest BCUT2D eigenvalue weighted by molar-refractivity contribution is -0.384. The quantitative estimate of drug-likeness (QED) is 0.491. The zero-order chi connectivity index (χ0) is 13.1. The molecule has 2 N–H and O–H groups in total. The van der Waals surface area contributed by atoms with Crippen molar-refractivity contribution in [3.8, 4) is 5.75 Å². The van der Waals surface area contributed by atoms with Gasteiger partial charge in [-0.15, -0.1) is 0 Å². The van der Waals surface area contributed by atoms with E-state index in [9.17, 15) is 14.9 Å². The van der Waals surface area contributed by atoms with E-state index in [0.29, 0.717) is 0 Å². The fourth-order valence-electron chi connectivity index (χ4n) is 1.37. The van der Waals surface area contributed by atoms with E-state index in [1.54, 1.807) is 0 Å². The summed E-state index contributed by atoms with van der Waals surface area (Å²) in [6, 6.07) is 6.40.